The molecule has 2 aliphatic carbocycles. The largest absolute Gasteiger partial charge is 0.359 e. The fourth-order valence-electron chi connectivity index (χ4n) is 3.00. The Morgan fingerprint density at radius 1 is 1.42 bits per heavy atom. The predicted octanol–water partition coefficient (Wildman–Crippen LogP) is 2.07. The summed E-state index contributed by atoms with van der Waals surface area (Å²) >= 11 is 0. The van der Waals surface area contributed by atoms with Crippen LogP contribution in [0.1, 0.15) is 37.4 Å². The van der Waals surface area contributed by atoms with E-state index in [1.165, 1.54) is 36.3 Å². The summed E-state index contributed by atoms with van der Waals surface area (Å²) in [6.07, 6.45) is 4.06. The van der Waals surface area contributed by atoms with E-state index in [2.05, 4.69) is 43.3 Å². The summed E-state index contributed by atoms with van der Waals surface area (Å²) < 4.78 is 2.05. The first-order chi connectivity index (χ1) is 9.06. The monoisotopic (exact) mass is 262 g/mol. The summed E-state index contributed by atoms with van der Waals surface area (Å²) in [7, 11) is 4.28. The molecule has 4 heteroatoms. The Labute approximate surface area is 116 Å². The van der Waals surface area contributed by atoms with Gasteiger partial charge in [-0.05, 0) is 38.0 Å². The molecular weight excluding hydrogens is 236 g/mol. The third-order valence-corrected chi connectivity index (χ3v) is 4.60. The van der Waals surface area contributed by atoms with E-state index in [-0.39, 0.29) is 0 Å². The topological polar surface area (TPSA) is 33.1 Å². The molecule has 1 aromatic rings. The number of nitrogens with zero attached hydrogens (tertiary/aromatic N) is 3. The highest BCUT2D eigenvalue weighted by Crippen LogP contribution is 2.39. The van der Waals surface area contributed by atoms with Gasteiger partial charge in [-0.1, -0.05) is 6.92 Å². The first-order valence-electron chi connectivity index (χ1n) is 7.53. The summed E-state index contributed by atoms with van der Waals surface area (Å²) in [6.45, 7) is 6.60. The SMILES string of the molecule is Cc1nn(C)c(N(C)CC2CC2C)c1CNC1CC1. The van der Waals surface area contributed by atoms with Crippen LogP contribution in [0.2, 0.25) is 0 Å². The smallest absolute Gasteiger partial charge is 0.131 e. The van der Waals surface area contributed by atoms with Crippen molar-refractivity contribution in [3.05, 3.63) is 11.3 Å². The van der Waals surface area contributed by atoms with Crippen LogP contribution in [0.3, 0.4) is 0 Å². The molecule has 0 amide bonds. The molecule has 2 saturated carbocycles. The average Bonchev–Trinajstić information content (AvgIpc) is 3.23. The molecule has 19 heavy (non-hydrogen) atoms. The fraction of sp³-hybridized carbons (Fsp3) is 0.800. The molecule has 4 nitrogen and oxygen atoms in total. The normalized spacial score (nSPS) is 25.7. The predicted molar refractivity (Wildman–Crippen MR) is 78.3 cm³/mol. The lowest BCUT2D eigenvalue weighted by Gasteiger charge is -2.21. The number of rotatable bonds is 6. The second-order valence-corrected chi connectivity index (χ2v) is 6.52. The maximum atomic E-state index is 4.61. The highest BCUT2D eigenvalue weighted by atomic mass is 15.4. The zero-order valence-corrected chi connectivity index (χ0v) is 12.6. The van der Waals surface area contributed by atoms with Crippen LogP contribution in [-0.2, 0) is 13.6 Å². The van der Waals surface area contributed by atoms with Gasteiger partial charge in [0.2, 0.25) is 0 Å². The van der Waals surface area contributed by atoms with Gasteiger partial charge in [0.1, 0.15) is 5.82 Å². The lowest BCUT2D eigenvalue weighted by atomic mass is 10.2. The molecule has 2 atom stereocenters. The molecule has 2 aliphatic rings. The molecule has 3 rings (SSSR count). The van der Waals surface area contributed by atoms with E-state index in [0.29, 0.717) is 0 Å². The number of aryl methyl sites for hydroxylation is 2. The van der Waals surface area contributed by atoms with Crippen LogP contribution in [0.25, 0.3) is 0 Å². The zero-order chi connectivity index (χ0) is 13.6. The number of hydrogen-bond acceptors (Lipinski definition) is 3. The standard InChI is InChI=1S/C15H26N4/c1-10-7-12(10)9-18(3)15-14(8-16-13-5-6-13)11(2)17-19(15)4/h10,12-13,16H,5-9H2,1-4H3. The van der Waals surface area contributed by atoms with Crippen molar-refractivity contribution >= 4 is 5.82 Å². The molecule has 0 radical (unpaired) electrons. The lowest BCUT2D eigenvalue weighted by molar-refractivity contribution is 0.665. The summed E-state index contributed by atoms with van der Waals surface area (Å²) in [4.78, 5) is 2.40. The van der Waals surface area contributed by atoms with Crippen molar-refractivity contribution in [3.63, 3.8) is 0 Å². The van der Waals surface area contributed by atoms with E-state index in [4.69, 9.17) is 0 Å². The van der Waals surface area contributed by atoms with Crippen molar-refractivity contribution in [2.45, 2.75) is 45.7 Å². The van der Waals surface area contributed by atoms with Crippen molar-refractivity contribution < 1.29 is 0 Å². The van der Waals surface area contributed by atoms with Crippen LogP contribution in [0.4, 0.5) is 5.82 Å². The minimum atomic E-state index is 0.751. The lowest BCUT2D eigenvalue weighted by Crippen LogP contribution is -2.25. The van der Waals surface area contributed by atoms with Gasteiger partial charge < -0.3 is 10.2 Å². The van der Waals surface area contributed by atoms with Crippen LogP contribution in [0, 0.1) is 18.8 Å². The fourth-order valence-corrected chi connectivity index (χ4v) is 3.00. The minimum Gasteiger partial charge on any atom is -0.359 e. The average molecular weight is 262 g/mol. The molecular formula is C15H26N4. The Morgan fingerprint density at radius 3 is 2.68 bits per heavy atom. The molecule has 0 bridgehead atoms. The summed E-state index contributed by atoms with van der Waals surface area (Å²) in [5.74, 6) is 3.08. The van der Waals surface area contributed by atoms with Crippen molar-refractivity contribution in [3.8, 4) is 0 Å². The van der Waals surface area contributed by atoms with Gasteiger partial charge in [0.15, 0.2) is 0 Å². The Bertz CT molecular complexity index is 461. The third-order valence-electron chi connectivity index (χ3n) is 4.60. The van der Waals surface area contributed by atoms with Gasteiger partial charge in [0.25, 0.3) is 0 Å². The Hall–Kier alpha value is -1.03. The van der Waals surface area contributed by atoms with Crippen LogP contribution >= 0.6 is 0 Å². The van der Waals surface area contributed by atoms with Crippen LogP contribution in [-0.4, -0.2) is 29.4 Å². The quantitative estimate of drug-likeness (QED) is 0.852. The first-order valence-corrected chi connectivity index (χ1v) is 7.53. The third kappa shape index (κ3) is 2.78. The van der Waals surface area contributed by atoms with Crippen molar-refractivity contribution in [1.82, 2.24) is 15.1 Å². The van der Waals surface area contributed by atoms with Crippen LogP contribution in [0.5, 0.6) is 0 Å². The number of hydrogen-bond donors (Lipinski definition) is 1. The molecule has 0 saturated heterocycles. The van der Waals surface area contributed by atoms with E-state index in [9.17, 15) is 0 Å². The van der Waals surface area contributed by atoms with Crippen LogP contribution in [0.15, 0.2) is 0 Å². The molecule has 106 valence electrons. The van der Waals surface area contributed by atoms with Gasteiger partial charge in [-0.2, -0.15) is 5.10 Å². The molecule has 0 spiro atoms. The van der Waals surface area contributed by atoms with Gasteiger partial charge in [0.05, 0.1) is 5.69 Å². The van der Waals surface area contributed by atoms with E-state index in [1.807, 2.05) is 4.68 Å². The van der Waals surface area contributed by atoms with E-state index in [0.717, 1.165) is 31.0 Å². The molecule has 0 aromatic carbocycles. The van der Waals surface area contributed by atoms with Crippen LogP contribution < -0.4 is 10.2 Å². The molecule has 1 heterocycles. The minimum absolute atomic E-state index is 0.751. The molecule has 1 N–H and O–H groups in total. The van der Waals surface area contributed by atoms with Gasteiger partial charge in [0, 0.05) is 38.8 Å². The Balaban J connectivity index is 1.73. The van der Waals surface area contributed by atoms with Crippen molar-refractivity contribution in [2.75, 3.05) is 18.5 Å². The Kier molecular flexibility index (Phi) is 3.29. The Morgan fingerprint density at radius 2 is 2.11 bits per heavy atom. The maximum Gasteiger partial charge on any atom is 0.131 e. The molecule has 2 unspecified atom stereocenters. The molecule has 2 fully saturated rings. The highest BCUT2D eigenvalue weighted by molar-refractivity contribution is 5.49. The molecule has 0 aliphatic heterocycles. The molecule has 1 aromatic heterocycles. The van der Waals surface area contributed by atoms with Crippen molar-refractivity contribution in [1.29, 1.82) is 0 Å². The zero-order valence-electron chi connectivity index (χ0n) is 12.6. The van der Waals surface area contributed by atoms with E-state index >= 15 is 0 Å². The van der Waals surface area contributed by atoms with Gasteiger partial charge >= 0.3 is 0 Å². The van der Waals surface area contributed by atoms with E-state index in [1.54, 1.807) is 0 Å². The highest BCUT2D eigenvalue weighted by Gasteiger charge is 2.34. The van der Waals surface area contributed by atoms with E-state index < -0.39 is 0 Å². The van der Waals surface area contributed by atoms with Crippen molar-refractivity contribution in [2.24, 2.45) is 18.9 Å². The summed E-state index contributed by atoms with van der Waals surface area (Å²) in [5.41, 5.74) is 2.55. The number of nitrogens with one attached hydrogen (secondary N) is 1. The second kappa shape index (κ2) is 4.82. The maximum absolute atomic E-state index is 4.61. The van der Waals surface area contributed by atoms with Gasteiger partial charge in [-0.3, -0.25) is 4.68 Å². The van der Waals surface area contributed by atoms with Gasteiger partial charge in [-0.15, -0.1) is 0 Å². The summed E-state index contributed by atoms with van der Waals surface area (Å²) in [6, 6.07) is 0.751. The second-order valence-electron chi connectivity index (χ2n) is 6.52. The summed E-state index contributed by atoms with van der Waals surface area (Å²) in [5, 5.41) is 8.23. The first kappa shape index (κ1) is 13.0. The number of anilines is 1. The number of aromatic nitrogens is 2. The van der Waals surface area contributed by atoms with Gasteiger partial charge in [-0.25, -0.2) is 0 Å².